The molecule has 0 saturated heterocycles. The van der Waals surface area contributed by atoms with Gasteiger partial charge in [0, 0.05) is 29.7 Å². The number of hydrogen-bond acceptors (Lipinski definition) is 3. The molecule has 0 heterocycles. The molecule has 0 aromatic heterocycles. The fourth-order valence-corrected chi connectivity index (χ4v) is 4.98. The summed E-state index contributed by atoms with van der Waals surface area (Å²) in [5.41, 5.74) is 4.36. The molecule has 3 rings (SSSR count). The Bertz CT molecular complexity index is 1090. The molecule has 4 nitrogen and oxygen atoms in total. The maximum atomic E-state index is 13.6. The molecule has 184 valence electrons. The number of carbonyl (C=O) groups is 2. The molecule has 0 radical (unpaired) electrons. The molecule has 2 amide bonds. The van der Waals surface area contributed by atoms with E-state index in [0.29, 0.717) is 25.3 Å². The van der Waals surface area contributed by atoms with Crippen LogP contribution < -0.4 is 5.32 Å². The highest BCUT2D eigenvalue weighted by Gasteiger charge is 2.30. The number of amides is 2. The van der Waals surface area contributed by atoms with Crippen molar-refractivity contribution in [3.8, 4) is 0 Å². The van der Waals surface area contributed by atoms with Crippen LogP contribution in [0.2, 0.25) is 0 Å². The SMILES string of the molecule is CCCNC(=O)[C@@H](Cc1ccccc1)N(Cc1cccc(C)c1)C(=O)CSCc1ccc(Br)cc1. The zero-order valence-corrected chi connectivity index (χ0v) is 22.8. The van der Waals surface area contributed by atoms with Crippen molar-refractivity contribution in [3.05, 3.63) is 106 Å². The van der Waals surface area contributed by atoms with Crippen molar-refractivity contribution in [1.82, 2.24) is 10.2 Å². The number of aryl methyl sites for hydroxylation is 1. The molecule has 3 aromatic rings. The van der Waals surface area contributed by atoms with Gasteiger partial charge < -0.3 is 10.2 Å². The maximum Gasteiger partial charge on any atom is 0.243 e. The van der Waals surface area contributed by atoms with E-state index in [1.807, 2.05) is 74.5 Å². The summed E-state index contributed by atoms with van der Waals surface area (Å²) in [6.45, 7) is 5.06. The monoisotopic (exact) mass is 552 g/mol. The fourth-order valence-electron chi connectivity index (χ4n) is 3.85. The summed E-state index contributed by atoms with van der Waals surface area (Å²) in [6.07, 6.45) is 1.32. The Labute approximate surface area is 221 Å². The maximum absolute atomic E-state index is 13.6. The van der Waals surface area contributed by atoms with Crippen LogP contribution in [0.15, 0.2) is 83.3 Å². The minimum Gasteiger partial charge on any atom is -0.354 e. The predicted molar refractivity (Wildman–Crippen MR) is 149 cm³/mol. The Morgan fingerprint density at radius 1 is 0.943 bits per heavy atom. The molecule has 0 spiro atoms. The molecule has 0 fully saturated rings. The summed E-state index contributed by atoms with van der Waals surface area (Å²) in [5.74, 6) is 0.924. The van der Waals surface area contributed by atoms with E-state index in [1.54, 1.807) is 16.7 Å². The first-order valence-electron chi connectivity index (χ1n) is 11.9. The van der Waals surface area contributed by atoms with Gasteiger partial charge in [-0.05, 0) is 42.2 Å². The van der Waals surface area contributed by atoms with Gasteiger partial charge in [0.05, 0.1) is 5.75 Å². The van der Waals surface area contributed by atoms with E-state index in [1.165, 1.54) is 0 Å². The molecule has 0 bridgehead atoms. The second-order valence-electron chi connectivity index (χ2n) is 8.63. The highest BCUT2D eigenvalue weighted by atomic mass is 79.9. The van der Waals surface area contributed by atoms with E-state index in [2.05, 4.69) is 39.4 Å². The summed E-state index contributed by atoms with van der Waals surface area (Å²) in [7, 11) is 0. The van der Waals surface area contributed by atoms with Crippen LogP contribution in [0, 0.1) is 6.92 Å². The zero-order chi connectivity index (χ0) is 25.0. The first kappa shape index (κ1) is 27.0. The third-order valence-corrected chi connectivity index (χ3v) is 7.18. The standard InChI is InChI=1S/C29H33BrN2O2S/c1-3-16-31-29(34)27(18-23-9-5-4-6-10-23)32(19-25-11-7-8-22(2)17-25)28(33)21-35-20-24-12-14-26(30)15-13-24/h4-15,17,27H,3,16,18-21H2,1-2H3,(H,31,34)/t27-/m1/s1. The van der Waals surface area contributed by atoms with Crippen molar-refractivity contribution < 1.29 is 9.59 Å². The smallest absolute Gasteiger partial charge is 0.243 e. The molecule has 6 heteroatoms. The van der Waals surface area contributed by atoms with Crippen molar-refractivity contribution >= 4 is 39.5 Å². The van der Waals surface area contributed by atoms with Crippen molar-refractivity contribution in [3.63, 3.8) is 0 Å². The number of benzene rings is 3. The molecule has 35 heavy (non-hydrogen) atoms. The van der Waals surface area contributed by atoms with Crippen LogP contribution in [0.3, 0.4) is 0 Å². The molecule has 0 unspecified atom stereocenters. The van der Waals surface area contributed by atoms with Crippen molar-refractivity contribution in [2.45, 2.75) is 45.0 Å². The minimum absolute atomic E-state index is 0.0267. The van der Waals surface area contributed by atoms with Crippen LogP contribution in [-0.2, 0) is 28.3 Å². The van der Waals surface area contributed by atoms with Gasteiger partial charge in [-0.25, -0.2) is 0 Å². The number of halogens is 1. The molecule has 0 aliphatic rings. The summed E-state index contributed by atoms with van der Waals surface area (Å²) in [4.78, 5) is 28.7. The Morgan fingerprint density at radius 3 is 2.34 bits per heavy atom. The van der Waals surface area contributed by atoms with Crippen LogP contribution in [0.1, 0.15) is 35.6 Å². The van der Waals surface area contributed by atoms with E-state index in [9.17, 15) is 9.59 Å². The Balaban J connectivity index is 1.82. The number of nitrogens with zero attached hydrogens (tertiary/aromatic N) is 1. The highest BCUT2D eigenvalue weighted by Crippen LogP contribution is 2.20. The van der Waals surface area contributed by atoms with Crippen molar-refractivity contribution in [2.24, 2.45) is 0 Å². The van der Waals surface area contributed by atoms with Gasteiger partial charge >= 0.3 is 0 Å². The van der Waals surface area contributed by atoms with Gasteiger partial charge in [0.2, 0.25) is 11.8 Å². The Kier molecular flexibility index (Phi) is 10.9. The van der Waals surface area contributed by atoms with E-state index < -0.39 is 6.04 Å². The lowest BCUT2D eigenvalue weighted by Gasteiger charge is -2.31. The third kappa shape index (κ3) is 8.86. The molecule has 1 atom stereocenters. The van der Waals surface area contributed by atoms with Crippen LogP contribution in [0.5, 0.6) is 0 Å². The normalized spacial score (nSPS) is 11.6. The van der Waals surface area contributed by atoms with Crippen LogP contribution in [0.25, 0.3) is 0 Å². The molecule has 0 aliphatic carbocycles. The second kappa shape index (κ2) is 14.1. The highest BCUT2D eigenvalue weighted by molar-refractivity contribution is 9.10. The van der Waals surface area contributed by atoms with E-state index in [-0.39, 0.29) is 11.8 Å². The predicted octanol–water partition coefficient (Wildman–Crippen LogP) is 6.16. The van der Waals surface area contributed by atoms with Gasteiger partial charge in [-0.3, -0.25) is 9.59 Å². The van der Waals surface area contributed by atoms with Gasteiger partial charge in [-0.15, -0.1) is 11.8 Å². The summed E-state index contributed by atoms with van der Waals surface area (Å²) in [5, 5.41) is 3.03. The van der Waals surface area contributed by atoms with Crippen LogP contribution in [-0.4, -0.2) is 35.1 Å². The number of carbonyl (C=O) groups excluding carboxylic acids is 2. The summed E-state index contributed by atoms with van der Waals surface area (Å²) in [6, 6.07) is 25.6. The number of nitrogens with one attached hydrogen (secondary N) is 1. The van der Waals surface area contributed by atoms with Gasteiger partial charge in [0.1, 0.15) is 6.04 Å². The summed E-state index contributed by atoms with van der Waals surface area (Å²) >= 11 is 5.04. The lowest BCUT2D eigenvalue weighted by Crippen LogP contribution is -2.51. The minimum atomic E-state index is -0.578. The van der Waals surface area contributed by atoms with Gasteiger partial charge in [0.15, 0.2) is 0 Å². The number of hydrogen-bond donors (Lipinski definition) is 1. The molecule has 0 saturated carbocycles. The van der Waals surface area contributed by atoms with Crippen molar-refractivity contribution in [2.75, 3.05) is 12.3 Å². The first-order valence-corrected chi connectivity index (χ1v) is 13.9. The fraction of sp³-hybridized carbons (Fsp3) is 0.310. The van der Waals surface area contributed by atoms with E-state index >= 15 is 0 Å². The molecule has 3 aromatic carbocycles. The zero-order valence-electron chi connectivity index (χ0n) is 20.4. The van der Waals surface area contributed by atoms with Crippen LogP contribution >= 0.6 is 27.7 Å². The summed E-state index contributed by atoms with van der Waals surface area (Å²) < 4.78 is 1.04. The average molecular weight is 554 g/mol. The van der Waals surface area contributed by atoms with Crippen LogP contribution in [0.4, 0.5) is 0 Å². The van der Waals surface area contributed by atoms with Gasteiger partial charge in [0.25, 0.3) is 0 Å². The second-order valence-corrected chi connectivity index (χ2v) is 10.5. The molecule has 0 aliphatic heterocycles. The Hall–Kier alpha value is -2.57. The lowest BCUT2D eigenvalue weighted by atomic mass is 10.0. The molecular formula is C29H33BrN2O2S. The quantitative estimate of drug-likeness (QED) is 0.293. The van der Waals surface area contributed by atoms with Gasteiger partial charge in [-0.2, -0.15) is 0 Å². The van der Waals surface area contributed by atoms with Gasteiger partial charge in [-0.1, -0.05) is 95.1 Å². The number of thioether (sulfide) groups is 1. The topological polar surface area (TPSA) is 49.4 Å². The lowest BCUT2D eigenvalue weighted by molar-refractivity contribution is -0.139. The number of rotatable bonds is 12. The van der Waals surface area contributed by atoms with E-state index in [4.69, 9.17) is 0 Å². The Morgan fingerprint density at radius 2 is 1.66 bits per heavy atom. The molecular weight excluding hydrogens is 520 g/mol. The van der Waals surface area contributed by atoms with Crippen molar-refractivity contribution in [1.29, 1.82) is 0 Å². The first-order chi connectivity index (χ1) is 17.0. The molecule has 1 N–H and O–H groups in total. The third-order valence-electron chi connectivity index (χ3n) is 5.66. The van der Waals surface area contributed by atoms with E-state index in [0.717, 1.165) is 38.9 Å². The largest absolute Gasteiger partial charge is 0.354 e. The average Bonchev–Trinajstić information content (AvgIpc) is 2.86.